The molecular formula is C61H39NO2S. The summed E-state index contributed by atoms with van der Waals surface area (Å²) in [6.07, 6.45) is 7.02. The molecule has 1 unspecified atom stereocenters. The lowest BCUT2D eigenvalue weighted by atomic mass is 9.69. The minimum Gasteiger partial charge on any atom is -0.449 e. The summed E-state index contributed by atoms with van der Waals surface area (Å²) in [5, 5.41) is 2.63. The van der Waals surface area contributed by atoms with Crippen molar-refractivity contribution in [2.45, 2.75) is 18.3 Å². The SMILES string of the molecule is C1=C2C(=CCC1)C1(c3ccccc32)c2ccccc2-c2c1ccc1c2Oc2cc(-c3ccccc3N(c3ccccc3)c3ccc(-c4ccc5c(c4)sc4ccccc45)cc3)ccc2O1. The molecule has 0 amide bonds. The maximum atomic E-state index is 7.16. The van der Waals surface area contributed by atoms with Gasteiger partial charge in [-0.15, -0.1) is 11.3 Å². The first-order chi connectivity index (χ1) is 32.2. The summed E-state index contributed by atoms with van der Waals surface area (Å²) in [5.74, 6) is 2.91. The summed E-state index contributed by atoms with van der Waals surface area (Å²) in [6, 6.07) is 72.5. The topological polar surface area (TPSA) is 21.7 Å². The lowest BCUT2D eigenvalue weighted by Gasteiger charge is -2.32. The van der Waals surface area contributed by atoms with E-state index in [4.69, 9.17) is 9.47 Å². The highest BCUT2D eigenvalue weighted by Crippen LogP contribution is 2.67. The number of ether oxygens (including phenoxy) is 2. The molecule has 4 heteroatoms. The van der Waals surface area contributed by atoms with Gasteiger partial charge in [0.1, 0.15) is 0 Å². The van der Waals surface area contributed by atoms with E-state index in [2.05, 4.69) is 217 Å². The maximum absolute atomic E-state index is 7.16. The number of hydrogen-bond acceptors (Lipinski definition) is 4. The number of para-hydroxylation sites is 2. The number of benzene rings is 9. The zero-order chi connectivity index (χ0) is 42.6. The quantitative estimate of drug-likeness (QED) is 0.172. The van der Waals surface area contributed by atoms with Gasteiger partial charge in [0.05, 0.1) is 11.1 Å². The van der Waals surface area contributed by atoms with Crippen LogP contribution in [0.4, 0.5) is 17.1 Å². The molecule has 0 saturated carbocycles. The molecule has 3 nitrogen and oxygen atoms in total. The second kappa shape index (κ2) is 14.0. The van der Waals surface area contributed by atoms with Crippen molar-refractivity contribution in [1.29, 1.82) is 0 Å². The zero-order valence-electron chi connectivity index (χ0n) is 35.3. The molecule has 1 atom stereocenters. The molecule has 4 aliphatic rings. The van der Waals surface area contributed by atoms with Crippen molar-refractivity contribution < 1.29 is 9.47 Å². The number of nitrogens with zero attached hydrogens (tertiary/aromatic N) is 1. The third kappa shape index (κ3) is 5.29. The van der Waals surface area contributed by atoms with Crippen molar-refractivity contribution in [1.82, 2.24) is 0 Å². The highest BCUT2D eigenvalue weighted by Gasteiger charge is 2.54. The lowest BCUT2D eigenvalue weighted by molar-refractivity contribution is 0.360. The van der Waals surface area contributed by atoms with Crippen LogP contribution in [-0.4, -0.2) is 0 Å². The van der Waals surface area contributed by atoms with E-state index in [0.717, 1.165) is 58.1 Å². The van der Waals surface area contributed by atoms with Crippen LogP contribution in [0.2, 0.25) is 0 Å². The van der Waals surface area contributed by atoms with Gasteiger partial charge in [0.25, 0.3) is 0 Å². The minimum absolute atomic E-state index is 0.417. The summed E-state index contributed by atoms with van der Waals surface area (Å²) < 4.78 is 16.6. The molecule has 14 rings (SSSR count). The van der Waals surface area contributed by atoms with Gasteiger partial charge in [0.2, 0.25) is 0 Å². The van der Waals surface area contributed by atoms with Crippen molar-refractivity contribution in [3.05, 3.63) is 240 Å². The predicted octanol–water partition coefficient (Wildman–Crippen LogP) is 17.2. The van der Waals surface area contributed by atoms with E-state index in [0.29, 0.717) is 11.5 Å². The van der Waals surface area contributed by atoms with Crippen LogP contribution >= 0.6 is 11.3 Å². The summed E-state index contributed by atoms with van der Waals surface area (Å²) in [5.41, 5.74) is 17.6. The van der Waals surface area contributed by atoms with E-state index in [1.807, 2.05) is 11.3 Å². The van der Waals surface area contributed by atoms with Crippen molar-refractivity contribution in [3.63, 3.8) is 0 Å². The average Bonchev–Trinajstić information content (AvgIpc) is 4.00. The van der Waals surface area contributed by atoms with Crippen molar-refractivity contribution in [2.75, 3.05) is 4.90 Å². The first-order valence-corrected chi connectivity index (χ1v) is 23.3. The molecule has 0 radical (unpaired) electrons. The second-order valence-electron chi connectivity index (χ2n) is 17.4. The molecule has 0 bridgehead atoms. The highest BCUT2D eigenvalue weighted by atomic mass is 32.1. The van der Waals surface area contributed by atoms with Crippen LogP contribution in [0.25, 0.3) is 59.1 Å². The molecule has 0 fully saturated rings. The van der Waals surface area contributed by atoms with Crippen LogP contribution < -0.4 is 14.4 Å². The Hall–Kier alpha value is -7.92. The van der Waals surface area contributed by atoms with E-state index in [-0.39, 0.29) is 0 Å². The monoisotopic (exact) mass is 849 g/mol. The van der Waals surface area contributed by atoms with Gasteiger partial charge in [0, 0.05) is 42.7 Å². The molecule has 1 spiro atoms. The maximum Gasteiger partial charge on any atom is 0.178 e. The molecule has 65 heavy (non-hydrogen) atoms. The van der Waals surface area contributed by atoms with E-state index in [1.54, 1.807) is 0 Å². The number of rotatable bonds is 5. The number of fused-ring (bicyclic) bond motifs is 16. The fourth-order valence-electron chi connectivity index (χ4n) is 11.2. The van der Waals surface area contributed by atoms with Gasteiger partial charge in [0.15, 0.2) is 23.0 Å². The van der Waals surface area contributed by atoms with E-state index >= 15 is 0 Å². The number of thiophene rings is 1. The Kier molecular flexibility index (Phi) is 7.90. The minimum atomic E-state index is -0.417. The van der Waals surface area contributed by atoms with Crippen LogP contribution in [0.1, 0.15) is 35.1 Å². The molecule has 306 valence electrons. The van der Waals surface area contributed by atoms with E-state index in [1.165, 1.54) is 70.3 Å². The molecule has 1 aromatic heterocycles. The Morgan fingerprint density at radius 1 is 0.431 bits per heavy atom. The van der Waals surface area contributed by atoms with Gasteiger partial charge in [-0.25, -0.2) is 0 Å². The highest BCUT2D eigenvalue weighted by molar-refractivity contribution is 7.25. The zero-order valence-corrected chi connectivity index (χ0v) is 36.1. The number of anilines is 3. The fraction of sp³-hybridized carbons (Fsp3) is 0.0492. The third-order valence-electron chi connectivity index (χ3n) is 14.0. The average molecular weight is 850 g/mol. The summed E-state index contributed by atoms with van der Waals surface area (Å²) >= 11 is 1.86. The van der Waals surface area contributed by atoms with Gasteiger partial charge >= 0.3 is 0 Å². The standard InChI is InChI=1S/C61H39NO2S/c1-2-14-41(15-3-1)62(42-30-26-38(27-31-42)39-28-32-47-46-19-8-13-25-57(46)65-58(47)37-39)53-24-12-7-16-43(53)40-29-34-54-56(36-40)64-60-55(63-54)35-33-52-59(60)48-20-6-11-23-51(48)61(52)49-21-9-4-17-44(49)45-18-5-10-22-50(45)61/h1-4,6-9,11-37H,5,10H2. The summed E-state index contributed by atoms with van der Waals surface area (Å²) in [6.45, 7) is 0. The Morgan fingerprint density at radius 2 is 1.09 bits per heavy atom. The second-order valence-corrected chi connectivity index (χ2v) is 18.5. The van der Waals surface area contributed by atoms with Crippen LogP contribution in [0.3, 0.4) is 0 Å². The van der Waals surface area contributed by atoms with E-state index < -0.39 is 5.41 Å². The van der Waals surface area contributed by atoms with Crippen LogP contribution in [-0.2, 0) is 5.41 Å². The van der Waals surface area contributed by atoms with Gasteiger partial charge in [-0.05, 0) is 129 Å². The van der Waals surface area contributed by atoms with E-state index in [9.17, 15) is 0 Å². The third-order valence-corrected chi connectivity index (χ3v) is 15.1. The Labute approximate surface area is 381 Å². The Balaban J connectivity index is 0.859. The fourth-order valence-corrected chi connectivity index (χ4v) is 12.4. The molecule has 9 aromatic carbocycles. The molecular weight excluding hydrogens is 811 g/mol. The lowest BCUT2D eigenvalue weighted by Crippen LogP contribution is -2.26. The Bertz CT molecular complexity index is 3670. The molecule has 3 aliphatic carbocycles. The first kappa shape index (κ1) is 36.6. The smallest absolute Gasteiger partial charge is 0.178 e. The molecule has 1 aliphatic heterocycles. The molecule has 10 aromatic rings. The first-order valence-electron chi connectivity index (χ1n) is 22.5. The van der Waals surface area contributed by atoms with Crippen LogP contribution in [0, 0.1) is 0 Å². The van der Waals surface area contributed by atoms with Crippen molar-refractivity contribution in [2.24, 2.45) is 0 Å². The van der Waals surface area contributed by atoms with Gasteiger partial charge < -0.3 is 14.4 Å². The number of hydrogen-bond donors (Lipinski definition) is 0. The molecule has 2 heterocycles. The predicted molar refractivity (Wildman–Crippen MR) is 269 cm³/mol. The van der Waals surface area contributed by atoms with Gasteiger partial charge in [-0.3, -0.25) is 0 Å². The van der Waals surface area contributed by atoms with Gasteiger partial charge in [-0.2, -0.15) is 0 Å². The summed E-state index contributed by atoms with van der Waals surface area (Å²) in [4.78, 5) is 2.35. The largest absolute Gasteiger partial charge is 0.449 e. The molecule has 0 saturated heterocycles. The summed E-state index contributed by atoms with van der Waals surface area (Å²) in [7, 11) is 0. The van der Waals surface area contributed by atoms with Crippen molar-refractivity contribution in [3.8, 4) is 56.4 Å². The number of allylic oxidation sites excluding steroid dienone is 4. The normalized spacial score (nSPS) is 16.1. The Morgan fingerprint density at radius 3 is 1.97 bits per heavy atom. The molecule has 0 N–H and O–H groups in total. The van der Waals surface area contributed by atoms with Crippen molar-refractivity contribution >= 4 is 54.1 Å². The van der Waals surface area contributed by atoms with Gasteiger partial charge in [-0.1, -0.05) is 152 Å². The van der Waals surface area contributed by atoms with Crippen LogP contribution in [0.15, 0.2) is 218 Å². The van der Waals surface area contributed by atoms with Crippen LogP contribution in [0.5, 0.6) is 23.0 Å².